The van der Waals surface area contributed by atoms with Gasteiger partial charge in [0.15, 0.2) is 0 Å². The summed E-state index contributed by atoms with van der Waals surface area (Å²) in [6.07, 6.45) is 7.16. The van der Waals surface area contributed by atoms with Crippen LogP contribution in [-0.4, -0.2) is 45.4 Å². The third-order valence-electron chi connectivity index (χ3n) is 4.04. The second-order valence-electron chi connectivity index (χ2n) is 6.27. The van der Waals surface area contributed by atoms with Crippen molar-refractivity contribution in [3.05, 3.63) is 53.6 Å². The number of pyridine rings is 1. The normalized spacial score (nSPS) is 18.7. The second-order valence-corrected chi connectivity index (χ2v) is 6.27. The highest BCUT2D eigenvalue weighted by Crippen LogP contribution is 2.31. The zero-order valence-corrected chi connectivity index (χ0v) is 13.6. The molecule has 0 radical (unpaired) electrons. The molecule has 1 atom stereocenters. The summed E-state index contributed by atoms with van der Waals surface area (Å²) in [6, 6.07) is 3.47. The minimum Gasteiger partial charge on any atom is -0.304 e. The molecule has 0 saturated carbocycles. The molecule has 1 aliphatic heterocycles. The molecule has 3 heterocycles. The molecule has 2 aromatic heterocycles. The fourth-order valence-corrected chi connectivity index (χ4v) is 3.04. The fourth-order valence-electron chi connectivity index (χ4n) is 3.04. The lowest BCUT2D eigenvalue weighted by Gasteiger charge is -2.24. The van der Waals surface area contributed by atoms with E-state index in [1.54, 1.807) is 6.07 Å². The largest absolute Gasteiger partial charge is 0.304 e. The maximum Gasteiger partial charge on any atom is 0.141 e. The lowest BCUT2D eigenvalue weighted by Crippen LogP contribution is -2.24. The molecule has 2 aromatic rings. The Balaban J connectivity index is 1.74. The fraction of sp³-hybridized carbons (Fsp3) is 0.471. The Morgan fingerprint density at radius 3 is 2.83 bits per heavy atom. The van der Waals surface area contributed by atoms with Crippen LogP contribution in [0.15, 0.2) is 30.7 Å². The summed E-state index contributed by atoms with van der Waals surface area (Å²) >= 11 is 0. The van der Waals surface area contributed by atoms with Gasteiger partial charge in [-0.15, -0.1) is 0 Å². The van der Waals surface area contributed by atoms with E-state index in [-0.39, 0.29) is 11.9 Å². The average molecular weight is 315 g/mol. The molecule has 0 unspecified atom stereocenters. The van der Waals surface area contributed by atoms with Crippen LogP contribution in [0.5, 0.6) is 0 Å². The van der Waals surface area contributed by atoms with Crippen molar-refractivity contribution in [2.45, 2.75) is 32.0 Å². The Morgan fingerprint density at radius 1 is 1.22 bits per heavy atom. The monoisotopic (exact) mass is 315 g/mol. The lowest BCUT2D eigenvalue weighted by atomic mass is 10.1. The highest BCUT2D eigenvalue weighted by molar-refractivity contribution is 5.11. The molecule has 3 rings (SSSR count). The van der Waals surface area contributed by atoms with Gasteiger partial charge < -0.3 is 4.90 Å². The maximum absolute atomic E-state index is 13.0. The second kappa shape index (κ2) is 7.10. The van der Waals surface area contributed by atoms with E-state index in [9.17, 15) is 4.39 Å². The molecule has 0 aliphatic carbocycles. The molecule has 0 spiro atoms. The van der Waals surface area contributed by atoms with Gasteiger partial charge in [-0.1, -0.05) is 0 Å². The van der Waals surface area contributed by atoms with Crippen molar-refractivity contribution in [2.75, 3.05) is 20.6 Å². The summed E-state index contributed by atoms with van der Waals surface area (Å²) in [7, 11) is 4.05. The number of rotatable bonds is 5. The van der Waals surface area contributed by atoms with E-state index in [4.69, 9.17) is 4.98 Å². The minimum absolute atomic E-state index is 0.261. The van der Waals surface area contributed by atoms with E-state index in [2.05, 4.69) is 19.8 Å². The molecule has 0 bridgehead atoms. The summed E-state index contributed by atoms with van der Waals surface area (Å²) in [4.78, 5) is 17.7. The quantitative estimate of drug-likeness (QED) is 0.848. The van der Waals surface area contributed by atoms with Crippen LogP contribution < -0.4 is 0 Å². The Labute approximate surface area is 136 Å². The number of halogens is 1. The molecular weight excluding hydrogens is 293 g/mol. The van der Waals surface area contributed by atoms with Gasteiger partial charge in [0.1, 0.15) is 5.82 Å². The van der Waals surface area contributed by atoms with Crippen LogP contribution in [0, 0.1) is 5.82 Å². The van der Waals surface area contributed by atoms with Crippen LogP contribution in [0.4, 0.5) is 4.39 Å². The molecule has 5 nitrogen and oxygen atoms in total. The molecule has 6 heteroatoms. The topological polar surface area (TPSA) is 45.2 Å². The number of aromatic nitrogens is 3. The smallest absolute Gasteiger partial charge is 0.141 e. The van der Waals surface area contributed by atoms with Crippen LogP contribution in [-0.2, 0) is 13.1 Å². The van der Waals surface area contributed by atoms with Crippen molar-refractivity contribution in [3.63, 3.8) is 0 Å². The lowest BCUT2D eigenvalue weighted by molar-refractivity contribution is 0.240. The summed E-state index contributed by atoms with van der Waals surface area (Å²) in [5, 5.41) is 0. The van der Waals surface area contributed by atoms with E-state index in [0.29, 0.717) is 6.54 Å². The van der Waals surface area contributed by atoms with E-state index < -0.39 is 0 Å². The summed E-state index contributed by atoms with van der Waals surface area (Å²) in [5.41, 5.74) is 2.89. The first-order valence-corrected chi connectivity index (χ1v) is 7.92. The third-order valence-corrected chi connectivity index (χ3v) is 4.04. The van der Waals surface area contributed by atoms with Crippen LogP contribution in [0.1, 0.15) is 36.0 Å². The van der Waals surface area contributed by atoms with Gasteiger partial charge in [-0.25, -0.2) is 4.39 Å². The van der Waals surface area contributed by atoms with Crippen molar-refractivity contribution in [1.29, 1.82) is 0 Å². The van der Waals surface area contributed by atoms with Crippen LogP contribution >= 0.6 is 0 Å². The van der Waals surface area contributed by atoms with E-state index in [0.717, 1.165) is 43.0 Å². The van der Waals surface area contributed by atoms with Gasteiger partial charge in [0.25, 0.3) is 0 Å². The first-order chi connectivity index (χ1) is 11.1. The SMILES string of the molecule is CN(C)Cc1cncc([C@@H]2CCCN2Cc2ccc(F)cn2)n1. The van der Waals surface area contributed by atoms with Gasteiger partial charge in [-0.05, 0) is 45.6 Å². The highest BCUT2D eigenvalue weighted by Gasteiger charge is 2.27. The van der Waals surface area contributed by atoms with Gasteiger partial charge in [0.2, 0.25) is 0 Å². The maximum atomic E-state index is 13.0. The third kappa shape index (κ3) is 4.09. The Kier molecular flexibility index (Phi) is 4.93. The Hall–Kier alpha value is -1.92. The molecule has 23 heavy (non-hydrogen) atoms. The highest BCUT2D eigenvalue weighted by atomic mass is 19.1. The molecule has 0 N–H and O–H groups in total. The predicted molar refractivity (Wildman–Crippen MR) is 86.0 cm³/mol. The standard InChI is InChI=1S/C17H22FN5/c1-22(2)11-15-9-19-10-16(21-15)17-4-3-7-23(17)12-14-6-5-13(18)8-20-14/h5-6,8-10,17H,3-4,7,11-12H2,1-2H3/t17-/m0/s1. The van der Waals surface area contributed by atoms with Gasteiger partial charge in [-0.2, -0.15) is 0 Å². The van der Waals surface area contributed by atoms with Crippen molar-refractivity contribution in [3.8, 4) is 0 Å². The predicted octanol–water partition coefficient (Wildman–Crippen LogP) is 2.41. The van der Waals surface area contributed by atoms with Crippen molar-refractivity contribution < 1.29 is 4.39 Å². The molecular formula is C17H22FN5. The van der Waals surface area contributed by atoms with E-state index >= 15 is 0 Å². The summed E-state index contributed by atoms with van der Waals surface area (Å²) in [5.74, 6) is -0.297. The van der Waals surface area contributed by atoms with Gasteiger partial charge >= 0.3 is 0 Å². The number of nitrogens with zero attached hydrogens (tertiary/aromatic N) is 5. The first-order valence-electron chi connectivity index (χ1n) is 7.92. The molecule has 1 fully saturated rings. The summed E-state index contributed by atoms with van der Waals surface area (Å²) in [6.45, 7) is 2.50. The molecule has 0 aromatic carbocycles. The zero-order chi connectivity index (χ0) is 16.2. The number of hydrogen-bond donors (Lipinski definition) is 0. The molecule has 1 aliphatic rings. The van der Waals surface area contributed by atoms with Crippen molar-refractivity contribution in [2.24, 2.45) is 0 Å². The first kappa shape index (κ1) is 16.0. The van der Waals surface area contributed by atoms with Gasteiger partial charge in [-0.3, -0.25) is 19.9 Å². The average Bonchev–Trinajstić information content (AvgIpc) is 2.97. The molecule has 122 valence electrons. The van der Waals surface area contributed by atoms with Crippen molar-refractivity contribution in [1.82, 2.24) is 24.8 Å². The zero-order valence-electron chi connectivity index (χ0n) is 13.6. The van der Waals surface area contributed by atoms with E-state index in [1.165, 1.54) is 12.3 Å². The Bertz CT molecular complexity index is 644. The van der Waals surface area contributed by atoms with Crippen LogP contribution in [0.2, 0.25) is 0 Å². The molecule has 1 saturated heterocycles. The number of likely N-dealkylation sites (tertiary alicyclic amines) is 1. The molecule has 0 amide bonds. The van der Waals surface area contributed by atoms with Crippen molar-refractivity contribution >= 4 is 0 Å². The number of hydrogen-bond acceptors (Lipinski definition) is 5. The van der Waals surface area contributed by atoms with Gasteiger partial charge in [0, 0.05) is 25.5 Å². The van der Waals surface area contributed by atoms with E-state index in [1.807, 2.05) is 26.5 Å². The van der Waals surface area contributed by atoms with Crippen LogP contribution in [0.3, 0.4) is 0 Å². The van der Waals surface area contributed by atoms with Gasteiger partial charge in [0.05, 0.1) is 29.3 Å². The summed E-state index contributed by atoms with van der Waals surface area (Å²) < 4.78 is 13.0. The van der Waals surface area contributed by atoms with Crippen LogP contribution in [0.25, 0.3) is 0 Å². The Morgan fingerprint density at radius 2 is 2.09 bits per heavy atom. The minimum atomic E-state index is -0.297.